The van der Waals surface area contributed by atoms with Crippen LogP contribution in [0.25, 0.3) is 11.1 Å². The monoisotopic (exact) mass is 254 g/mol. The number of hydrogen-bond acceptors (Lipinski definition) is 2. The number of hydrogen-bond donors (Lipinski definition) is 0. The average molecular weight is 254 g/mol. The molecule has 19 heavy (non-hydrogen) atoms. The molecule has 0 fully saturated rings. The fraction of sp³-hybridized carbons (Fsp3) is 0.250. The van der Waals surface area contributed by atoms with E-state index < -0.39 is 5.82 Å². The molecule has 2 rings (SSSR count). The molecule has 96 valence electrons. The maximum atomic E-state index is 13.6. The summed E-state index contributed by atoms with van der Waals surface area (Å²) in [4.78, 5) is 4.20. The first-order valence-electron chi connectivity index (χ1n) is 6.24. The molecular formula is C16H15FN2. The minimum Gasteiger partial charge on any atom is -0.264 e. The van der Waals surface area contributed by atoms with Gasteiger partial charge in [0.25, 0.3) is 0 Å². The number of halogens is 1. The maximum Gasteiger partial charge on any atom is 0.141 e. The molecule has 1 heterocycles. The van der Waals surface area contributed by atoms with Gasteiger partial charge in [-0.1, -0.05) is 19.9 Å². The molecule has 1 aromatic heterocycles. The van der Waals surface area contributed by atoms with Crippen LogP contribution in [0.5, 0.6) is 0 Å². The molecule has 0 aliphatic heterocycles. The van der Waals surface area contributed by atoms with Gasteiger partial charge in [0.1, 0.15) is 11.9 Å². The molecule has 0 unspecified atom stereocenters. The number of nitriles is 1. The fourth-order valence-electron chi connectivity index (χ4n) is 2.01. The molecule has 0 amide bonds. The highest BCUT2D eigenvalue weighted by atomic mass is 19.1. The number of pyridine rings is 1. The topological polar surface area (TPSA) is 36.7 Å². The molecule has 0 bridgehead atoms. The molecule has 2 aromatic rings. The summed E-state index contributed by atoms with van der Waals surface area (Å²) in [5.74, 6) is 0.0593. The summed E-state index contributed by atoms with van der Waals surface area (Å²) in [5, 5.41) is 8.72. The Labute approximate surface area is 112 Å². The van der Waals surface area contributed by atoms with Gasteiger partial charge in [0.05, 0.1) is 5.56 Å². The smallest absolute Gasteiger partial charge is 0.141 e. The predicted molar refractivity (Wildman–Crippen MR) is 72.9 cm³/mol. The summed E-state index contributed by atoms with van der Waals surface area (Å²) in [5.41, 5.74) is 2.82. The summed E-state index contributed by atoms with van der Waals surface area (Å²) in [7, 11) is 0. The van der Waals surface area contributed by atoms with Crippen molar-refractivity contribution in [2.75, 3.05) is 0 Å². The van der Waals surface area contributed by atoms with Gasteiger partial charge in [-0.15, -0.1) is 0 Å². The summed E-state index contributed by atoms with van der Waals surface area (Å²) < 4.78 is 13.6. The highest BCUT2D eigenvalue weighted by Gasteiger charge is 2.06. The van der Waals surface area contributed by atoms with E-state index in [1.807, 2.05) is 18.3 Å². The lowest BCUT2D eigenvalue weighted by atomic mass is 10.00. The van der Waals surface area contributed by atoms with Gasteiger partial charge in [0.15, 0.2) is 0 Å². The van der Waals surface area contributed by atoms with E-state index in [0.717, 1.165) is 23.1 Å². The highest BCUT2D eigenvalue weighted by molar-refractivity contribution is 5.64. The average Bonchev–Trinajstić information content (AvgIpc) is 2.38. The summed E-state index contributed by atoms with van der Waals surface area (Å²) in [6.07, 6.45) is 4.49. The number of benzene rings is 1. The van der Waals surface area contributed by atoms with Gasteiger partial charge in [-0.3, -0.25) is 4.98 Å². The zero-order valence-electron chi connectivity index (χ0n) is 11.0. The Balaban J connectivity index is 2.37. The van der Waals surface area contributed by atoms with Crippen molar-refractivity contribution >= 4 is 0 Å². The first-order chi connectivity index (χ1) is 9.10. The van der Waals surface area contributed by atoms with Gasteiger partial charge in [0.2, 0.25) is 0 Å². The highest BCUT2D eigenvalue weighted by Crippen LogP contribution is 2.22. The third-order valence-electron chi connectivity index (χ3n) is 2.86. The second-order valence-electron chi connectivity index (χ2n) is 4.99. The molecule has 0 N–H and O–H groups in total. The maximum absolute atomic E-state index is 13.6. The standard InChI is InChI=1S/C16H15FN2/c1-11(2)5-12-6-15(10-19-9-12)13-3-4-14(8-18)16(17)7-13/h3-4,6-7,9-11H,5H2,1-2H3. The normalized spacial score (nSPS) is 10.5. The largest absolute Gasteiger partial charge is 0.264 e. The van der Waals surface area contributed by atoms with Gasteiger partial charge < -0.3 is 0 Å². The molecule has 0 aliphatic carbocycles. The van der Waals surface area contributed by atoms with E-state index in [4.69, 9.17) is 5.26 Å². The van der Waals surface area contributed by atoms with E-state index in [-0.39, 0.29) is 5.56 Å². The lowest BCUT2D eigenvalue weighted by Crippen LogP contribution is -1.95. The Morgan fingerprint density at radius 3 is 2.63 bits per heavy atom. The molecule has 0 spiro atoms. The fourth-order valence-corrected chi connectivity index (χ4v) is 2.01. The molecule has 0 radical (unpaired) electrons. The van der Waals surface area contributed by atoms with E-state index in [1.54, 1.807) is 12.3 Å². The first-order valence-corrected chi connectivity index (χ1v) is 6.24. The Morgan fingerprint density at radius 1 is 1.21 bits per heavy atom. The Morgan fingerprint density at radius 2 is 2.00 bits per heavy atom. The van der Waals surface area contributed by atoms with Crippen molar-refractivity contribution in [2.45, 2.75) is 20.3 Å². The van der Waals surface area contributed by atoms with Crippen molar-refractivity contribution in [2.24, 2.45) is 5.92 Å². The number of nitrogens with zero attached hydrogens (tertiary/aromatic N) is 2. The zero-order valence-corrected chi connectivity index (χ0v) is 11.0. The molecular weight excluding hydrogens is 239 g/mol. The van der Waals surface area contributed by atoms with Gasteiger partial charge in [0, 0.05) is 18.0 Å². The van der Waals surface area contributed by atoms with Crippen molar-refractivity contribution in [1.82, 2.24) is 4.98 Å². The van der Waals surface area contributed by atoms with Crippen LogP contribution < -0.4 is 0 Å². The van der Waals surface area contributed by atoms with Gasteiger partial charge in [-0.05, 0) is 41.7 Å². The number of rotatable bonds is 3. The van der Waals surface area contributed by atoms with Gasteiger partial charge in [-0.25, -0.2) is 4.39 Å². The molecule has 1 aromatic carbocycles. The van der Waals surface area contributed by atoms with Crippen LogP contribution in [0.2, 0.25) is 0 Å². The Bertz CT molecular complexity index is 627. The van der Waals surface area contributed by atoms with Crippen molar-refractivity contribution in [3.8, 4) is 17.2 Å². The second-order valence-corrected chi connectivity index (χ2v) is 4.99. The van der Waals surface area contributed by atoms with Crippen molar-refractivity contribution in [1.29, 1.82) is 5.26 Å². The summed E-state index contributed by atoms with van der Waals surface area (Å²) in [6.45, 7) is 4.29. The van der Waals surface area contributed by atoms with Crippen molar-refractivity contribution in [3.63, 3.8) is 0 Å². The minimum atomic E-state index is -0.491. The molecule has 0 saturated carbocycles. The van der Waals surface area contributed by atoms with E-state index in [0.29, 0.717) is 5.92 Å². The van der Waals surface area contributed by atoms with Gasteiger partial charge >= 0.3 is 0 Å². The van der Waals surface area contributed by atoms with Crippen LogP contribution in [-0.4, -0.2) is 4.98 Å². The number of aromatic nitrogens is 1. The first kappa shape index (κ1) is 13.2. The van der Waals surface area contributed by atoms with E-state index in [1.165, 1.54) is 12.1 Å². The van der Waals surface area contributed by atoms with Gasteiger partial charge in [-0.2, -0.15) is 5.26 Å². The summed E-state index contributed by atoms with van der Waals surface area (Å²) in [6, 6.07) is 8.47. The van der Waals surface area contributed by atoms with Crippen LogP contribution in [0.1, 0.15) is 25.0 Å². The van der Waals surface area contributed by atoms with Crippen LogP contribution in [0.4, 0.5) is 4.39 Å². The van der Waals surface area contributed by atoms with Crippen LogP contribution in [0, 0.1) is 23.1 Å². The molecule has 3 heteroatoms. The predicted octanol–water partition coefficient (Wildman–Crippen LogP) is 3.96. The lowest BCUT2D eigenvalue weighted by Gasteiger charge is -2.07. The third kappa shape index (κ3) is 3.17. The SMILES string of the molecule is CC(C)Cc1cncc(-c2ccc(C#N)c(F)c2)c1. The molecule has 0 saturated heterocycles. The van der Waals surface area contributed by atoms with Crippen LogP contribution in [0.3, 0.4) is 0 Å². The minimum absolute atomic E-state index is 0.0649. The molecule has 0 atom stereocenters. The van der Waals surface area contributed by atoms with E-state index in [9.17, 15) is 4.39 Å². The van der Waals surface area contributed by atoms with Crippen LogP contribution >= 0.6 is 0 Å². The van der Waals surface area contributed by atoms with Crippen molar-refractivity contribution in [3.05, 3.63) is 53.6 Å². The molecule has 2 nitrogen and oxygen atoms in total. The quantitative estimate of drug-likeness (QED) is 0.831. The molecule has 0 aliphatic rings. The van der Waals surface area contributed by atoms with E-state index in [2.05, 4.69) is 18.8 Å². The summed E-state index contributed by atoms with van der Waals surface area (Å²) >= 11 is 0. The third-order valence-corrected chi connectivity index (χ3v) is 2.86. The zero-order chi connectivity index (χ0) is 13.8. The van der Waals surface area contributed by atoms with E-state index >= 15 is 0 Å². The second kappa shape index (κ2) is 5.62. The Hall–Kier alpha value is -2.21. The van der Waals surface area contributed by atoms with Crippen LogP contribution in [0.15, 0.2) is 36.7 Å². The van der Waals surface area contributed by atoms with Crippen molar-refractivity contribution < 1.29 is 4.39 Å². The Kier molecular flexibility index (Phi) is 3.91. The van der Waals surface area contributed by atoms with Crippen LogP contribution in [-0.2, 0) is 6.42 Å². The lowest BCUT2D eigenvalue weighted by molar-refractivity contribution is 0.624.